The van der Waals surface area contributed by atoms with Crippen LogP contribution in [0.3, 0.4) is 0 Å². The number of likely N-dealkylation sites (tertiary alicyclic amines) is 1. The van der Waals surface area contributed by atoms with Crippen molar-refractivity contribution in [1.82, 2.24) is 4.90 Å². The van der Waals surface area contributed by atoms with Crippen LogP contribution in [0.15, 0.2) is 69.8 Å². The quantitative estimate of drug-likeness (QED) is 0.209. The molecule has 1 aromatic heterocycles. The molecule has 2 aromatic carbocycles. The zero-order valence-electron chi connectivity index (χ0n) is 20.8. The topological polar surface area (TPSA) is 74.6 Å². The fraction of sp³-hybridized carbons (Fsp3) is 0.333. The van der Waals surface area contributed by atoms with E-state index in [1.165, 1.54) is 12.1 Å². The second-order valence-electron chi connectivity index (χ2n) is 9.30. The van der Waals surface area contributed by atoms with Crippen molar-refractivity contribution >= 4 is 39.1 Å². The lowest BCUT2D eigenvalue weighted by Gasteiger charge is -2.36. The normalized spacial score (nSPS) is 15.6. The van der Waals surface area contributed by atoms with Gasteiger partial charge in [-0.25, -0.2) is 0 Å². The summed E-state index contributed by atoms with van der Waals surface area (Å²) in [5.41, 5.74) is -2.40. The first kappa shape index (κ1) is 29.7. The minimum Gasteiger partial charge on any atom is -0.453 e. The Kier molecular flexibility index (Phi) is 8.93. The molecule has 214 valence electrons. The molecule has 1 aliphatic rings. The van der Waals surface area contributed by atoms with Crippen LogP contribution < -0.4 is 10.6 Å². The van der Waals surface area contributed by atoms with Crippen LogP contribution in [0.1, 0.15) is 42.2 Å². The lowest BCUT2D eigenvalue weighted by molar-refractivity contribution is -0.138. The summed E-state index contributed by atoms with van der Waals surface area (Å²) in [4.78, 5) is 29.2. The molecule has 2 amide bonds. The molecule has 2 N–H and O–H groups in total. The highest BCUT2D eigenvalue weighted by Crippen LogP contribution is 2.37. The Morgan fingerprint density at radius 1 is 0.775 bits per heavy atom. The van der Waals surface area contributed by atoms with Crippen LogP contribution >= 0.6 is 15.9 Å². The van der Waals surface area contributed by atoms with Gasteiger partial charge in [0.15, 0.2) is 4.67 Å². The van der Waals surface area contributed by atoms with Crippen LogP contribution in [0.25, 0.3) is 0 Å². The van der Waals surface area contributed by atoms with E-state index in [1.807, 2.05) is 4.90 Å². The largest absolute Gasteiger partial charge is 0.453 e. The molecule has 0 radical (unpaired) electrons. The fourth-order valence-electron chi connectivity index (χ4n) is 4.63. The SMILES string of the molecule is O=C(Nc1cccc(C(F)(F)F)c1)C(C(=O)Nc1cccc(C(F)(F)F)c1)C(c1ccc(Br)o1)N1CCCCC1. The molecule has 0 aliphatic carbocycles. The molecule has 1 aliphatic heterocycles. The maximum absolute atomic E-state index is 13.7. The number of carbonyl (C=O) groups excluding carboxylic acids is 2. The van der Waals surface area contributed by atoms with Crippen molar-refractivity contribution in [2.75, 3.05) is 23.7 Å². The molecule has 1 fully saturated rings. The van der Waals surface area contributed by atoms with E-state index < -0.39 is 47.3 Å². The van der Waals surface area contributed by atoms with Crippen molar-refractivity contribution in [3.63, 3.8) is 0 Å². The summed E-state index contributed by atoms with van der Waals surface area (Å²) in [5.74, 6) is -3.28. The van der Waals surface area contributed by atoms with Crippen LogP contribution in [-0.2, 0) is 21.9 Å². The highest BCUT2D eigenvalue weighted by molar-refractivity contribution is 9.10. The van der Waals surface area contributed by atoms with Gasteiger partial charge in [-0.1, -0.05) is 18.6 Å². The van der Waals surface area contributed by atoms with Gasteiger partial charge < -0.3 is 15.1 Å². The second kappa shape index (κ2) is 12.0. The summed E-state index contributed by atoms with van der Waals surface area (Å²) in [6, 6.07) is 9.99. The lowest BCUT2D eigenvalue weighted by Crippen LogP contribution is -2.46. The molecule has 4 rings (SSSR count). The van der Waals surface area contributed by atoms with Gasteiger partial charge in [-0.05, 0) is 90.4 Å². The minimum absolute atomic E-state index is 0.199. The number of carbonyl (C=O) groups is 2. The monoisotopic (exact) mass is 631 g/mol. The Bertz CT molecular complexity index is 1280. The van der Waals surface area contributed by atoms with E-state index >= 15 is 0 Å². The van der Waals surface area contributed by atoms with E-state index in [0.717, 1.165) is 55.7 Å². The Morgan fingerprint density at radius 2 is 1.27 bits per heavy atom. The average molecular weight is 632 g/mol. The van der Waals surface area contributed by atoms with E-state index in [-0.39, 0.29) is 17.1 Å². The third-order valence-electron chi connectivity index (χ3n) is 6.47. The van der Waals surface area contributed by atoms with Crippen molar-refractivity contribution in [3.8, 4) is 0 Å². The molecule has 1 unspecified atom stereocenters. The molecule has 0 spiro atoms. The number of piperidine rings is 1. The van der Waals surface area contributed by atoms with E-state index in [2.05, 4.69) is 26.6 Å². The number of benzene rings is 2. The summed E-state index contributed by atoms with van der Waals surface area (Å²) in [6.45, 7) is 0.986. The van der Waals surface area contributed by atoms with Gasteiger partial charge in [0.2, 0.25) is 11.8 Å². The maximum Gasteiger partial charge on any atom is 0.416 e. The molecule has 2 heterocycles. The number of rotatable bonds is 7. The summed E-state index contributed by atoms with van der Waals surface area (Å²) >= 11 is 3.21. The number of hydrogen-bond donors (Lipinski definition) is 2. The van der Waals surface area contributed by atoms with E-state index in [1.54, 1.807) is 12.1 Å². The summed E-state index contributed by atoms with van der Waals surface area (Å²) in [5, 5.41) is 4.79. The van der Waals surface area contributed by atoms with Gasteiger partial charge in [-0.15, -0.1) is 0 Å². The van der Waals surface area contributed by atoms with Crippen LogP contribution in [0.5, 0.6) is 0 Å². The van der Waals surface area contributed by atoms with Crippen LogP contribution in [0.4, 0.5) is 37.7 Å². The molecule has 13 heteroatoms. The summed E-state index contributed by atoms with van der Waals surface area (Å²) in [7, 11) is 0. The first-order valence-corrected chi connectivity index (χ1v) is 13.1. The summed E-state index contributed by atoms with van der Waals surface area (Å²) in [6.07, 6.45) is -6.90. The zero-order valence-corrected chi connectivity index (χ0v) is 22.4. The van der Waals surface area contributed by atoms with E-state index in [9.17, 15) is 35.9 Å². The molecule has 0 saturated carbocycles. The van der Waals surface area contributed by atoms with Crippen molar-refractivity contribution in [2.24, 2.45) is 5.92 Å². The van der Waals surface area contributed by atoms with E-state index in [0.29, 0.717) is 17.8 Å². The molecule has 0 bridgehead atoms. The third kappa shape index (κ3) is 7.25. The Hall–Kier alpha value is -3.32. The fourth-order valence-corrected chi connectivity index (χ4v) is 4.95. The minimum atomic E-state index is -4.67. The number of nitrogens with one attached hydrogen (secondary N) is 2. The smallest absolute Gasteiger partial charge is 0.416 e. The molecule has 1 atom stereocenters. The van der Waals surface area contributed by atoms with Crippen LogP contribution in [0, 0.1) is 5.92 Å². The van der Waals surface area contributed by atoms with Crippen LogP contribution in [0.2, 0.25) is 0 Å². The van der Waals surface area contributed by atoms with Gasteiger partial charge in [0, 0.05) is 11.4 Å². The maximum atomic E-state index is 13.7. The molecular weight excluding hydrogens is 608 g/mol. The number of anilines is 2. The van der Waals surface area contributed by atoms with Gasteiger partial charge >= 0.3 is 12.4 Å². The van der Waals surface area contributed by atoms with Gasteiger partial charge in [-0.2, -0.15) is 26.3 Å². The molecule has 1 saturated heterocycles. The van der Waals surface area contributed by atoms with Crippen molar-refractivity contribution in [3.05, 3.63) is 82.2 Å². The number of alkyl halides is 6. The summed E-state index contributed by atoms with van der Waals surface area (Å²) < 4.78 is 85.6. The predicted molar refractivity (Wildman–Crippen MR) is 138 cm³/mol. The molecule has 3 aromatic rings. The number of halogens is 7. The van der Waals surface area contributed by atoms with E-state index in [4.69, 9.17) is 4.42 Å². The second-order valence-corrected chi connectivity index (χ2v) is 10.1. The average Bonchev–Trinajstić information content (AvgIpc) is 3.32. The number of hydrogen-bond acceptors (Lipinski definition) is 4. The number of amides is 2. The molecule has 6 nitrogen and oxygen atoms in total. The first-order valence-electron chi connectivity index (χ1n) is 12.3. The Morgan fingerprint density at radius 3 is 1.70 bits per heavy atom. The standard InChI is InChI=1S/C27H24BrF6N3O3/c28-21-11-10-20(40-21)23(37-12-2-1-3-13-37)22(24(38)35-18-8-4-6-16(14-18)26(29,30)31)25(39)36-19-9-5-7-17(15-19)27(32,33)34/h4-11,14-15,22-23H,1-3,12-13H2,(H,35,38)(H,36,39). The van der Waals surface area contributed by atoms with Gasteiger partial charge in [0.05, 0.1) is 17.2 Å². The van der Waals surface area contributed by atoms with Gasteiger partial charge in [-0.3, -0.25) is 14.5 Å². The highest BCUT2D eigenvalue weighted by Gasteiger charge is 2.42. The zero-order chi connectivity index (χ0) is 29.1. The highest BCUT2D eigenvalue weighted by atomic mass is 79.9. The van der Waals surface area contributed by atoms with Gasteiger partial charge in [0.25, 0.3) is 0 Å². The van der Waals surface area contributed by atoms with Crippen molar-refractivity contribution in [2.45, 2.75) is 37.7 Å². The number of nitrogens with zero attached hydrogens (tertiary/aromatic N) is 1. The number of furan rings is 1. The Balaban J connectivity index is 1.73. The van der Waals surface area contributed by atoms with Crippen molar-refractivity contribution < 1.29 is 40.3 Å². The third-order valence-corrected chi connectivity index (χ3v) is 6.89. The van der Waals surface area contributed by atoms with Crippen LogP contribution in [-0.4, -0.2) is 29.8 Å². The Labute approximate surface area is 233 Å². The lowest BCUT2D eigenvalue weighted by atomic mass is 9.91. The molecular formula is C27H24BrF6N3O3. The van der Waals surface area contributed by atoms with Gasteiger partial charge in [0.1, 0.15) is 11.7 Å². The predicted octanol–water partition coefficient (Wildman–Crippen LogP) is 7.50. The first-order chi connectivity index (χ1) is 18.8. The molecule has 40 heavy (non-hydrogen) atoms. The van der Waals surface area contributed by atoms with Crippen molar-refractivity contribution in [1.29, 1.82) is 0 Å².